The first-order valence-corrected chi connectivity index (χ1v) is 7.28. The Morgan fingerprint density at radius 2 is 2.00 bits per heavy atom. The number of nitrogens with two attached hydrogens (primary N) is 1. The van der Waals surface area contributed by atoms with Gasteiger partial charge in [-0.2, -0.15) is 5.10 Å². The highest BCUT2D eigenvalue weighted by Crippen LogP contribution is 2.11. The van der Waals surface area contributed by atoms with Crippen LogP contribution in [0.1, 0.15) is 5.56 Å². The number of aryl methyl sites for hydroxylation is 1. The molecular weight excluding hydrogens is 264 g/mol. The molecule has 2 aromatic rings. The molecule has 0 bridgehead atoms. The number of hydrogen-bond acceptors (Lipinski definition) is 4. The molecule has 0 aliphatic heterocycles. The smallest absolute Gasteiger partial charge is 0.240 e. The molecule has 0 aliphatic carbocycles. The van der Waals surface area contributed by atoms with Crippen molar-refractivity contribution in [2.24, 2.45) is 7.05 Å². The lowest BCUT2D eigenvalue weighted by atomic mass is 10.3. The summed E-state index contributed by atoms with van der Waals surface area (Å²) in [7, 11) is -1.65. The lowest BCUT2D eigenvalue weighted by molar-refractivity contribution is 0.581. The minimum atomic E-state index is -3.47. The van der Waals surface area contributed by atoms with Crippen molar-refractivity contribution in [1.29, 1.82) is 0 Å². The Hall–Kier alpha value is -1.86. The average Bonchev–Trinajstić information content (AvgIpc) is 2.75. The number of anilines is 1. The monoisotopic (exact) mass is 280 g/mol. The van der Waals surface area contributed by atoms with Crippen LogP contribution in [0.15, 0.2) is 41.6 Å². The molecule has 1 heterocycles. The fraction of sp³-hybridized carbons (Fsp3) is 0.250. The topological polar surface area (TPSA) is 90.0 Å². The number of nitrogens with one attached hydrogen (secondary N) is 1. The maximum absolute atomic E-state index is 12.0. The van der Waals surface area contributed by atoms with Gasteiger partial charge in [0.25, 0.3) is 0 Å². The van der Waals surface area contributed by atoms with E-state index in [0.29, 0.717) is 18.7 Å². The second-order valence-electron chi connectivity index (χ2n) is 4.24. The normalized spacial score (nSPS) is 11.6. The van der Waals surface area contributed by atoms with E-state index in [-0.39, 0.29) is 4.90 Å². The highest BCUT2D eigenvalue weighted by molar-refractivity contribution is 7.89. The zero-order chi connectivity index (χ0) is 13.9. The maximum Gasteiger partial charge on any atom is 0.240 e. The predicted molar refractivity (Wildman–Crippen MR) is 73.0 cm³/mol. The lowest BCUT2D eigenvalue weighted by Gasteiger charge is -2.06. The van der Waals surface area contributed by atoms with Gasteiger partial charge in [0.2, 0.25) is 10.0 Å². The summed E-state index contributed by atoms with van der Waals surface area (Å²) in [5.74, 6) is 0. The van der Waals surface area contributed by atoms with Crippen molar-refractivity contribution < 1.29 is 8.42 Å². The highest BCUT2D eigenvalue weighted by atomic mass is 32.2. The summed E-state index contributed by atoms with van der Waals surface area (Å²) in [5.41, 5.74) is 7.05. The Morgan fingerprint density at radius 3 is 2.58 bits per heavy atom. The molecular formula is C12H16N4O2S. The number of benzene rings is 1. The van der Waals surface area contributed by atoms with Crippen LogP contribution < -0.4 is 10.5 Å². The molecule has 0 amide bonds. The van der Waals surface area contributed by atoms with Crippen LogP contribution in [0.2, 0.25) is 0 Å². The van der Waals surface area contributed by atoms with E-state index in [2.05, 4.69) is 9.82 Å². The number of nitrogen functional groups attached to an aromatic ring is 1. The first-order valence-electron chi connectivity index (χ1n) is 5.80. The zero-order valence-corrected chi connectivity index (χ0v) is 11.4. The van der Waals surface area contributed by atoms with E-state index in [0.717, 1.165) is 5.56 Å². The summed E-state index contributed by atoms with van der Waals surface area (Å²) in [6.45, 7) is 0.332. The number of nitrogens with zero attached hydrogens (tertiary/aromatic N) is 2. The molecule has 0 saturated carbocycles. The van der Waals surface area contributed by atoms with E-state index in [1.807, 2.05) is 13.2 Å². The van der Waals surface area contributed by atoms with Crippen molar-refractivity contribution >= 4 is 15.7 Å². The molecule has 1 aromatic heterocycles. The van der Waals surface area contributed by atoms with Crippen LogP contribution in [-0.4, -0.2) is 24.7 Å². The van der Waals surface area contributed by atoms with Gasteiger partial charge in [-0.1, -0.05) is 0 Å². The van der Waals surface area contributed by atoms with E-state index in [1.165, 1.54) is 12.1 Å². The van der Waals surface area contributed by atoms with Gasteiger partial charge in [0.15, 0.2) is 0 Å². The molecule has 0 spiro atoms. The van der Waals surface area contributed by atoms with E-state index in [1.54, 1.807) is 23.0 Å². The molecule has 0 saturated heterocycles. The summed E-state index contributed by atoms with van der Waals surface area (Å²) in [4.78, 5) is 0.216. The Morgan fingerprint density at radius 1 is 1.32 bits per heavy atom. The second kappa shape index (κ2) is 5.41. The van der Waals surface area contributed by atoms with Gasteiger partial charge in [0, 0.05) is 25.5 Å². The molecule has 3 N–H and O–H groups in total. The van der Waals surface area contributed by atoms with Gasteiger partial charge in [-0.15, -0.1) is 0 Å². The first-order chi connectivity index (χ1) is 8.97. The van der Waals surface area contributed by atoms with Gasteiger partial charge < -0.3 is 5.73 Å². The van der Waals surface area contributed by atoms with Gasteiger partial charge in [-0.05, 0) is 36.2 Å². The fourth-order valence-electron chi connectivity index (χ4n) is 1.66. The molecule has 1 aromatic carbocycles. The molecule has 7 heteroatoms. The van der Waals surface area contributed by atoms with Crippen LogP contribution in [0.3, 0.4) is 0 Å². The second-order valence-corrected chi connectivity index (χ2v) is 6.01. The summed E-state index contributed by atoms with van der Waals surface area (Å²) in [6, 6.07) is 6.11. The molecule has 0 radical (unpaired) electrons. The van der Waals surface area contributed by atoms with Crippen LogP contribution in [0, 0.1) is 0 Å². The van der Waals surface area contributed by atoms with Gasteiger partial charge >= 0.3 is 0 Å². The van der Waals surface area contributed by atoms with Crippen LogP contribution >= 0.6 is 0 Å². The van der Waals surface area contributed by atoms with Crippen molar-refractivity contribution in [2.75, 3.05) is 12.3 Å². The third-order valence-corrected chi connectivity index (χ3v) is 4.13. The minimum absolute atomic E-state index is 0.216. The van der Waals surface area contributed by atoms with Crippen LogP contribution in [0.5, 0.6) is 0 Å². The third-order valence-electron chi connectivity index (χ3n) is 2.65. The van der Waals surface area contributed by atoms with Crippen LogP contribution in [0.25, 0.3) is 0 Å². The van der Waals surface area contributed by atoms with Crippen LogP contribution in [-0.2, 0) is 23.5 Å². The Labute approximate surface area is 112 Å². The largest absolute Gasteiger partial charge is 0.399 e. The van der Waals surface area contributed by atoms with Crippen molar-refractivity contribution in [1.82, 2.24) is 14.5 Å². The molecule has 19 heavy (non-hydrogen) atoms. The average molecular weight is 280 g/mol. The molecule has 0 unspecified atom stereocenters. The molecule has 0 fully saturated rings. The lowest BCUT2D eigenvalue weighted by Crippen LogP contribution is -2.25. The van der Waals surface area contributed by atoms with E-state index < -0.39 is 10.0 Å². The summed E-state index contributed by atoms with van der Waals surface area (Å²) in [5, 5.41) is 4.03. The van der Waals surface area contributed by atoms with E-state index >= 15 is 0 Å². The Kier molecular flexibility index (Phi) is 3.87. The molecule has 0 atom stereocenters. The van der Waals surface area contributed by atoms with E-state index in [9.17, 15) is 8.42 Å². The summed E-state index contributed by atoms with van der Waals surface area (Å²) >= 11 is 0. The third kappa shape index (κ3) is 3.55. The number of rotatable bonds is 5. The van der Waals surface area contributed by atoms with Crippen molar-refractivity contribution in [3.63, 3.8) is 0 Å². The SMILES string of the molecule is Cn1cc(CCNS(=O)(=O)c2ccc(N)cc2)cn1. The Bertz CT molecular complexity index is 647. The van der Waals surface area contributed by atoms with Gasteiger partial charge in [0.1, 0.15) is 0 Å². The van der Waals surface area contributed by atoms with E-state index in [4.69, 9.17) is 5.73 Å². The number of sulfonamides is 1. The maximum atomic E-state index is 12.0. The highest BCUT2D eigenvalue weighted by Gasteiger charge is 2.12. The van der Waals surface area contributed by atoms with Gasteiger partial charge in [-0.25, -0.2) is 13.1 Å². The summed E-state index contributed by atoms with van der Waals surface area (Å²) in [6.07, 6.45) is 4.18. The first kappa shape index (κ1) is 13.6. The molecule has 6 nitrogen and oxygen atoms in total. The molecule has 0 aliphatic rings. The standard InChI is InChI=1S/C12H16N4O2S/c1-16-9-10(8-14-16)6-7-15-19(17,18)12-4-2-11(13)3-5-12/h2-5,8-9,15H,6-7,13H2,1H3. The fourth-order valence-corrected chi connectivity index (χ4v) is 2.69. The zero-order valence-electron chi connectivity index (χ0n) is 10.6. The summed E-state index contributed by atoms with van der Waals surface area (Å²) < 4.78 is 28.2. The molecule has 2 rings (SSSR count). The quantitative estimate of drug-likeness (QED) is 0.781. The molecule has 102 valence electrons. The van der Waals surface area contributed by atoms with Crippen molar-refractivity contribution in [3.05, 3.63) is 42.2 Å². The van der Waals surface area contributed by atoms with Crippen molar-refractivity contribution in [2.45, 2.75) is 11.3 Å². The number of aromatic nitrogens is 2. The Balaban J connectivity index is 1.96. The predicted octanol–water partition coefficient (Wildman–Crippen LogP) is 0.523. The minimum Gasteiger partial charge on any atom is -0.399 e. The van der Waals surface area contributed by atoms with Crippen molar-refractivity contribution in [3.8, 4) is 0 Å². The van der Waals surface area contributed by atoms with Crippen LogP contribution in [0.4, 0.5) is 5.69 Å². The van der Waals surface area contributed by atoms with Gasteiger partial charge in [-0.3, -0.25) is 4.68 Å². The van der Waals surface area contributed by atoms with Gasteiger partial charge in [0.05, 0.1) is 11.1 Å². The number of hydrogen-bond donors (Lipinski definition) is 2.